The van der Waals surface area contributed by atoms with Gasteiger partial charge in [-0.1, -0.05) is 23.5 Å². The number of ether oxygens (including phenoxy) is 1. The van der Waals surface area contributed by atoms with Crippen molar-refractivity contribution in [2.24, 2.45) is 0 Å². The van der Waals surface area contributed by atoms with Gasteiger partial charge in [0.05, 0.1) is 36.0 Å². The lowest BCUT2D eigenvalue weighted by Gasteiger charge is -2.35. The van der Waals surface area contributed by atoms with Gasteiger partial charge in [-0.3, -0.25) is 14.8 Å². The maximum absolute atomic E-state index is 12.6. The van der Waals surface area contributed by atoms with Crippen LogP contribution < -0.4 is 15.5 Å². The molecule has 3 N–H and O–H groups in total. The van der Waals surface area contributed by atoms with E-state index in [1.54, 1.807) is 12.4 Å². The average Bonchev–Trinajstić information content (AvgIpc) is 3.36. The van der Waals surface area contributed by atoms with Crippen LogP contribution in [0, 0.1) is 0 Å². The number of aromatic nitrogens is 3. The number of alkyl halides is 3. The Bertz CT molecular complexity index is 1640. The van der Waals surface area contributed by atoms with Crippen molar-refractivity contribution in [3.8, 4) is 0 Å². The molecule has 2 aromatic carbocycles. The van der Waals surface area contributed by atoms with Crippen LogP contribution >= 0.6 is 11.3 Å². The maximum Gasteiger partial charge on any atom is 0.490 e. The first-order chi connectivity index (χ1) is 20.4. The zero-order valence-corrected chi connectivity index (χ0v) is 24.1. The third-order valence-electron chi connectivity index (χ3n) is 6.83. The zero-order valence-electron chi connectivity index (χ0n) is 23.3. The fourth-order valence-electron chi connectivity index (χ4n) is 4.92. The van der Waals surface area contributed by atoms with Gasteiger partial charge >= 0.3 is 12.1 Å². The predicted octanol–water partition coefficient (Wildman–Crippen LogP) is 4.98. The van der Waals surface area contributed by atoms with E-state index in [2.05, 4.69) is 49.8 Å². The second-order valence-corrected chi connectivity index (χ2v) is 11.8. The summed E-state index contributed by atoms with van der Waals surface area (Å²) in [5.74, 6) is -2.78. The van der Waals surface area contributed by atoms with E-state index in [1.165, 1.54) is 16.9 Å². The lowest BCUT2D eigenvalue weighted by Crippen LogP contribution is -2.48. The number of amides is 1. The fraction of sp³-hybridized carbons (Fsp3) is 0.345. The van der Waals surface area contributed by atoms with Crippen LogP contribution in [0.5, 0.6) is 0 Å². The van der Waals surface area contributed by atoms with Crippen LogP contribution in [0.1, 0.15) is 34.8 Å². The Balaban J connectivity index is 0.000000472. The first-order valence-corrected chi connectivity index (χ1v) is 14.2. The number of halogens is 3. The minimum atomic E-state index is -5.08. The summed E-state index contributed by atoms with van der Waals surface area (Å²) < 4.78 is 37.6. The van der Waals surface area contributed by atoms with Crippen LogP contribution in [0.3, 0.4) is 0 Å². The number of nitrogens with zero attached hydrogens (tertiary/aromatic N) is 4. The van der Waals surface area contributed by atoms with Crippen LogP contribution in [0.2, 0.25) is 0 Å². The summed E-state index contributed by atoms with van der Waals surface area (Å²) in [4.78, 5) is 38.2. The maximum atomic E-state index is 12.6. The number of hydrogen-bond donors (Lipinski definition) is 3. The second kappa shape index (κ2) is 12.1. The zero-order chi connectivity index (χ0) is 30.8. The molecular formula is C29H29F3N6O4S. The lowest BCUT2D eigenvalue weighted by atomic mass is 9.94. The number of benzene rings is 2. The molecule has 2 aliphatic heterocycles. The minimum Gasteiger partial charge on any atom is -0.475 e. The normalized spacial score (nSPS) is 17.8. The number of hydrogen-bond acceptors (Lipinski definition) is 9. The van der Waals surface area contributed by atoms with E-state index >= 15 is 0 Å². The molecule has 1 atom stereocenters. The second-order valence-electron chi connectivity index (χ2n) is 10.8. The van der Waals surface area contributed by atoms with E-state index in [0.29, 0.717) is 13.2 Å². The smallest absolute Gasteiger partial charge is 0.475 e. The molecule has 0 radical (unpaired) electrons. The van der Waals surface area contributed by atoms with Crippen LogP contribution in [-0.2, 0) is 22.4 Å². The molecule has 4 heterocycles. The molecule has 2 aliphatic rings. The van der Waals surface area contributed by atoms with E-state index in [9.17, 15) is 18.0 Å². The molecule has 1 amide bonds. The summed E-state index contributed by atoms with van der Waals surface area (Å²) in [6.45, 7) is 6.12. The van der Waals surface area contributed by atoms with Crippen molar-refractivity contribution in [3.05, 3.63) is 71.0 Å². The Morgan fingerprint density at radius 1 is 1.16 bits per heavy atom. The Kier molecular flexibility index (Phi) is 8.51. The van der Waals surface area contributed by atoms with Crippen molar-refractivity contribution in [3.63, 3.8) is 0 Å². The molecule has 4 aromatic rings. The molecular weight excluding hydrogens is 585 g/mol. The van der Waals surface area contributed by atoms with Crippen molar-refractivity contribution >= 4 is 50.8 Å². The molecule has 0 spiro atoms. The number of carbonyl (C=O) groups excluding carboxylic acids is 1. The number of rotatable bonds is 5. The number of morpholine rings is 1. The molecule has 1 unspecified atom stereocenters. The van der Waals surface area contributed by atoms with Crippen LogP contribution in [0.4, 0.5) is 29.7 Å². The van der Waals surface area contributed by atoms with E-state index in [4.69, 9.17) is 19.6 Å². The van der Waals surface area contributed by atoms with Crippen LogP contribution in [-0.4, -0.2) is 69.5 Å². The van der Waals surface area contributed by atoms with Crippen molar-refractivity contribution in [2.45, 2.75) is 44.4 Å². The molecule has 43 heavy (non-hydrogen) atoms. The number of fused-ring (bicyclic) bond motifs is 2. The van der Waals surface area contributed by atoms with E-state index in [-0.39, 0.29) is 17.5 Å². The first kappa shape index (κ1) is 30.2. The molecule has 14 heteroatoms. The number of thiazole rings is 1. The molecule has 0 saturated carbocycles. The summed E-state index contributed by atoms with van der Waals surface area (Å²) in [5.41, 5.74) is 5.56. The Hall–Kier alpha value is -4.30. The van der Waals surface area contributed by atoms with Gasteiger partial charge in [-0.05, 0) is 56.2 Å². The van der Waals surface area contributed by atoms with Crippen molar-refractivity contribution in [1.82, 2.24) is 20.3 Å². The third-order valence-corrected chi connectivity index (χ3v) is 7.96. The van der Waals surface area contributed by atoms with Crippen molar-refractivity contribution in [2.75, 3.05) is 30.0 Å². The molecule has 0 bridgehead atoms. The topological polar surface area (TPSA) is 130 Å². The van der Waals surface area contributed by atoms with E-state index in [0.717, 1.165) is 57.5 Å². The summed E-state index contributed by atoms with van der Waals surface area (Å²) in [5, 5.41) is 14.6. The number of aliphatic carboxylic acids is 1. The molecule has 2 aromatic heterocycles. The third kappa shape index (κ3) is 7.38. The van der Waals surface area contributed by atoms with Gasteiger partial charge in [0.2, 0.25) is 0 Å². The number of carboxylic acid groups (broad SMARTS) is 1. The van der Waals surface area contributed by atoms with E-state index < -0.39 is 12.1 Å². The van der Waals surface area contributed by atoms with Crippen LogP contribution in [0.25, 0.3) is 11.0 Å². The highest BCUT2D eigenvalue weighted by Crippen LogP contribution is 2.34. The number of carbonyl (C=O) groups is 2. The van der Waals surface area contributed by atoms with Gasteiger partial charge in [0.25, 0.3) is 5.91 Å². The largest absolute Gasteiger partial charge is 0.490 e. The molecule has 6 rings (SSSR count). The Morgan fingerprint density at radius 3 is 2.63 bits per heavy atom. The highest BCUT2D eigenvalue weighted by atomic mass is 32.1. The summed E-state index contributed by atoms with van der Waals surface area (Å²) in [6, 6.07) is 14.6. The van der Waals surface area contributed by atoms with Crippen molar-refractivity contribution in [1.29, 1.82) is 0 Å². The molecule has 1 fully saturated rings. The highest BCUT2D eigenvalue weighted by Gasteiger charge is 2.38. The van der Waals surface area contributed by atoms with Crippen molar-refractivity contribution < 1.29 is 32.6 Å². The van der Waals surface area contributed by atoms with E-state index in [1.807, 2.05) is 32.0 Å². The SMILES string of the molecule is CC1(C)Cc2nc(N3CCOCC3Cc3cccc(Nc4ccc5nccnc5c4)c3)sc2C(=O)N1.O=C(O)C(F)(F)F. The van der Waals surface area contributed by atoms with Crippen LogP contribution in [0.15, 0.2) is 54.9 Å². The summed E-state index contributed by atoms with van der Waals surface area (Å²) in [6.07, 6.45) is -0.112. The Labute approximate surface area is 248 Å². The monoisotopic (exact) mass is 614 g/mol. The summed E-state index contributed by atoms with van der Waals surface area (Å²) >= 11 is 1.49. The summed E-state index contributed by atoms with van der Waals surface area (Å²) in [7, 11) is 0. The first-order valence-electron chi connectivity index (χ1n) is 13.4. The van der Waals surface area contributed by atoms with Gasteiger partial charge in [0, 0.05) is 42.3 Å². The van der Waals surface area contributed by atoms with Gasteiger partial charge in [0.15, 0.2) is 5.13 Å². The molecule has 10 nitrogen and oxygen atoms in total. The van der Waals surface area contributed by atoms with Gasteiger partial charge < -0.3 is 25.4 Å². The average molecular weight is 615 g/mol. The lowest BCUT2D eigenvalue weighted by molar-refractivity contribution is -0.192. The molecule has 226 valence electrons. The van der Waals surface area contributed by atoms with Gasteiger partial charge in [-0.15, -0.1) is 0 Å². The minimum absolute atomic E-state index is 0.0201. The van der Waals surface area contributed by atoms with Gasteiger partial charge in [-0.2, -0.15) is 13.2 Å². The standard InChI is InChI=1S/C27H28N6O2S.C2HF3O2/c1-27(2)15-23-24(25(34)32-27)36-26(31-23)33-10-11-35-16-20(33)13-17-4-3-5-18(12-17)30-19-6-7-21-22(14-19)29-9-8-28-21;3-2(4,5)1(6)7/h3-9,12,14,20,30H,10-11,13,15-16H2,1-2H3,(H,32,34);(H,6,7). The van der Waals surface area contributed by atoms with Gasteiger partial charge in [0.1, 0.15) is 4.88 Å². The number of carboxylic acids is 1. The predicted molar refractivity (Wildman–Crippen MR) is 156 cm³/mol. The fourth-order valence-corrected chi connectivity index (χ4v) is 5.99. The quantitative estimate of drug-likeness (QED) is 0.285. The number of anilines is 3. The number of nitrogens with one attached hydrogen (secondary N) is 2. The van der Waals surface area contributed by atoms with Gasteiger partial charge in [-0.25, -0.2) is 9.78 Å². The molecule has 0 aliphatic carbocycles. The molecule has 1 saturated heterocycles. The Morgan fingerprint density at radius 2 is 1.88 bits per heavy atom. The highest BCUT2D eigenvalue weighted by molar-refractivity contribution is 7.17.